The van der Waals surface area contributed by atoms with Crippen molar-refractivity contribution in [3.8, 4) is 0 Å². The number of nitrogens with one attached hydrogen (secondary N) is 1. The Balaban J connectivity index is 1.86. The van der Waals surface area contributed by atoms with Gasteiger partial charge in [-0.05, 0) is 36.5 Å². The van der Waals surface area contributed by atoms with E-state index in [9.17, 15) is 13.2 Å². The van der Waals surface area contributed by atoms with Crippen molar-refractivity contribution in [1.29, 1.82) is 0 Å². The van der Waals surface area contributed by atoms with Crippen molar-refractivity contribution in [3.05, 3.63) is 35.1 Å². The summed E-state index contributed by atoms with van der Waals surface area (Å²) in [4.78, 5) is 0. The molecule has 1 aromatic carbocycles. The summed E-state index contributed by atoms with van der Waals surface area (Å²) in [5, 5.41) is 3.15. The van der Waals surface area contributed by atoms with Gasteiger partial charge in [0, 0.05) is 19.7 Å². The molecule has 0 amide bonds. The van der Waals surface area contributed by atoms with Crippen LogP contribution in [0.1, 0.15) is 25.3 Å². The SMILES string of the molecule is CCC1OCCC1CNCc1cc(F)c(F)c(F)c1. The van der Waals surface area contributed by atoms with Gasteiger partial charge in [0.25, 0.3) is 0 Å². The van der Waals surface area contributed by atoms with Crippen LogP contribution in [0.5, 0.6) is 0 Å². The fraction of sp³-hybridized carbons (Fsp3) is 0.571. The molecule has 19 heavy (non-hydrogen) atoms. The maximum absolute atomic E-state index is 13.0. The molecule has 0 radical (unpaired) electrons. The summed E-state index contributed by atoms with van der Waals surface area (Å²) in [6, 6.07) is 2.04. The van der Waals surface area contributed by atoms with Crippen LogP contribution in [-0.4, -0.2) is 19.3 Å². The lowest BCUT2D eigenvalue weighted by Crippen LogP contribution is -2.28. The maximum atomic E-state index is 13.0. The molecule has 1 aliphatic rings. The molecule has 1 heterocycles. The first-order valence-corrected chi connectivity index (χ1v) is 6.57. The van der Waals surface area contributed by atoms with Gasteiger partial charge in [-0.3, -0.25) is 0 Å². The number of rotatable bonds is 5. The van der Waals surface area contributed by atoms with Crippen molar-refractivity contribution in [3.63, 3.8) is 0 Å². The average Bonchev–Trinajstić information content (AvgIpc) is 2.83. The first-order valence-electron chi connectivity index (χ1n) is 6.57. The lowest BCUT2D eigenvalue weighted by Gasteiger charge is -2.17. The Morgan fingerprint density at radius 2 is 1.95 bits per heavy atom. The van der Waals surface area contributed by atoms with Crippen molar-refractivity contribution in [2.75, 3.05) is 13.2 Å². The van der Waals surface area contributed by atoms with E-state index in [-0.39, 0.29) is 6.10 Å². The van der Waals surface area contributed by atoms with Crippen molar-refractivity contribution in [2.24, 2.45) is 5.92 Å². The zero-order chi connectivity index (χ0) is 13.8. The van der Waals surface area contributed by atoms with Crippen molar-refractivity contribution in [2.45, 2.75) is 32.4 Å². The van der Waals surface area contributed by atoms with Gasteiger partial charge in [0.2, 0.25) is 0 Å². The van der Waals surface area contributed by atoms with Gasteiger partial charge >= 0.3 is 0 Å². The second kappa shape index (κ2) is 6.39. The number of hydrogen-bond donors (Lipinski definition) is 1. The molecule has 1 N–H and O–H groups in total. The highest BCUT2D eigenvalue weighted by Crippen LogP contribution is 2.22. The highest BCUT2D eigenvalue weighted by molar-refractivity contribution is 5.19. The third kappa shape index (κ3) is 3.48. The topological polar surface area (TPSA) is 21.3 Å². The van der Waals surface area contributed by atoms with Crippen LogP contribution >= 0.6 is 0 Å². The van der Waals surface area contributed by atoms with Gasteiger partial charge in [-0.15, -0.1) is 0 Å². The molecule has 106 valence electrons. The number of benzene rings is 1. The third-order valence-corrected chi connectivity index (χ3v) is 3.53. The van der Waals surface area contributed by atoms with Crippen molar-refractivity contribution in [1.82, 2.24) is 5.32 Å². The smallest absolute Gasteiger partial charge is 0.194 e. The highest BCUT2D eigenvalue weighted by atomic mass is 19.2. The van der Waals surface area contributed by atoms with Gasteiger partial charge in [-0.2, -0.15) is 0 Å². The quantitative estimate of drug-likeness (QED) is 0.833. The number of halogens is 3. The summed E-state index contributed by atoms with van der Waals surface area (Å²) in [5.74, 6) is -3.28. The molecule has 2 rings (SSSR count). The summed E-state index contributed by atoms with van der Waals surface area (Å²) in [6.07, 6.45) is 2.22. The van der Waals surface area contributed by atoms with Gasteiger partial charge in [0.1, 0.15) is 0 Å². The van der Waals surface area contributed by atoms with Crippen LogP contribution in [0.25, 0.3) is 0 Å². The molecule has 1 fully saturated rings. The Kier molecular flexibility index (Phi) is 4.82. The van der Waals surface area contributed by atoms with E-state index in [4.69, 9.17) is 4.74 Å². The van der Waals surface area contributed by atoms with E-state index in [1.165, 1.54) is 0 Å². The van der Waals surface area contributed by atoms with E-state index in [2.05, 4.69) is 12.2 Å². The number of ether oxygens (including phenoxy) is 1. The molecule has 1 aliphatic heterocycles. The molecule has 5 heteroatoms. The Hall–Kier alpha value is -1.07. The largest absolute Gasteiger partial charge is 0.378 e. The van der Waals surface area contributed by atoms with Crippen LogP contribution in [-0.2, 0) is 11.3 Å². The van der Waals surface area contributed by atoms with Gasteiger partial charge in [-0.1, -0.05) is 6.92 Å². The second-order valence-electron chi connectivity index (χ2n) is 4.87. The summed E-state index contributed by atoms with van der Waals surface area (Å²) < 4.78 is 44.4. The average molecular weight is 273 g/mol. The first-order chi connectivity index (χ1) is 9.11. The summed E-state index contributed by atoms with van der Waals surface area (Å²) in [5.41, 5.74) is 0.406. The monoisotopic (exact) mass is 273 g/mol. The molecule has 0 spiro atoms. The van der Waals surface area contributed by atoms with E-state index in [0.29, 0.717) is 18.0 Å². The van der Waals surface area contributed by atoms with Gasteiger partial charge in [0.15, 0.2) is 17.5 Å². The summed E-state index contributed by atoms with van der Waals surface area (Å²) in [6.45, 7) is 3.90. The van der Waals surface area contributed by atoms with E-state index in [1.54, 1.807) is 0 Å². The number of hydrogen-bond acceptors (Lipinski definition) is 2. The van der Waals surface area contributed by atoms with Crippen molar-refractivity contribution < 1.29 is 17.9 Å². The Bertz CT molecular complexity index is 416. The van der Waals surface area contributed by atoms with Crippen molar-refractivity contribution >= 4 is 0 Å². The Morgan fingerprint density at radius 1 is 1.26 bits per heavy atom. The fourth-order valence-corrected chi connectivity index (χ4v) is 2.49. The van der Waals surface area contributed by atoms with Crippen LogP contribution < -0.4 is 5.32 Å². The predicted molar refractivity (Wildman–Crippen MR) is 66.2 cm³/mol. The zero-order valence-corrected chi connectivity index (χ0v) is 10.9. The maximum Gasteiger partial charge on any atom is 0.194 e. The standard InChI is InChI=1S/C14H18F3NO/c1-2-13-10(3-4-19-13)8-18-7-9-5-11(15)14(17)12(16)6-9/h5-6,10,13,18H,2-4,7-8H2,1H3. The van der Waals surface area contributed by atoms with Crippen LogP contribution in [0, 0.1) is 23.4 Å². The van der Waals surface area contributed by atoms with E-state index >= 15 is 0 Å². The van der Waals surface area contributed by atoms with Gasteiger partial charge in [0.05, 0.1) is 6.10 Å². The lowest BCUT2D eigenvalue weighted by atomic mass is 9.99. The molecule has 1 saturated heterocycles. The normalized spacial score (nSPS) is 22.9. The summed E-state index contributed by atoms with van der Waals surface area (Å²) >= 11 is 0. The Morgan fingerprint density at radius 3 is 2.58 bits per heavy atom. The minimum atomic E-state index is -1.42. The third-order valence-electron chi connectivity index (χ3n) is 3.53. The van der Waals surface area contributed by atoms with Gasteiger partial charge < -0.3 is 10.1 Å². The minimum absolute atomic E-state index is 0.259. The van der Waals surface area contributed by atoms with Crippen LogP contribution in [0.4, 0.5) is 13.2 Å². The van der Waals surface area contributed by atoms with Crippen LogP contribution in [0.2, 0.25) is 0 Å². The molecule has 0 aliphatic carbocycles. The molecule has 1 aromatic rings. The molecule has 2 atom stereocenters. The first kappa shape index (κ1) is 14.3. The van der Waals surface area contributed by atoms with E-state index < -0.39 is 17.5 Å². The minimum Gasteiger partial charge on any atom is -0.378 e. The molecular weight excluding hydrogens is 255 g/mol. The Labute approximate surface area is 111 Å². The molecular formula is C14H18F3NO. The van der Waals surface area contributed by atoms with Crippen LogP contribution in [0.3, 0.4) is 0 Å². The van der Waals surface area contributed by atoms with Crippen LogP contribution in [0.15, 0.2) is 12.1 Å². The molecule has 2 unspecified atom stereocenters. The molecule has 0 bridgehead atoms. The zero-order valence-electron chi connectivity index (χ0n) is 10.9. The lowest BCUT2D eigenvalue weighted by molar-refractivity contribution is 0.0872. The predicted octanol–water partition coefficient (Wildman–Crippen LogP) is 3.01. The second-order valence-corrected chi connectivity index (χ2v) is 4.87. The van der Waals surface area contributed by atoms with E-state index in [0.717, 1.165) is 38.1 Å². The molecule has 2 nitrogen and oxygen atoms in total. The molecule has 0 aromatic heterocycles. The molecule has 0 saturated carbocycles. The van der Waals surface area contributed by atoms with Gasteiger partial charge in [-0.25, -0.2) is 13.2 Å². The summed E-state index contributed by atoms with van der Waals surface area (Å²) in [7, 11) is 0. The van der Waals surface area contributed by atoms with E-state index in [1.807, 2.05) is 0 Å². The fourth-order valence-electron chi connectivity index (χ4n) is 2.49. The highest BCUT2D eigenvalue weighted by Gasteiger charge is 2.26.